The molecule has 33 heavy (non-hydrogen) atoms. The van der Waals surface area contributed by atoms with E-state index in [9.17, 15) is 4.79 Å². The monoisotopic (exact) mass is 444 g/mol. The van der Waals surface area contributed by atoms with Crippen LogP contribution in [0.15, 0.2) is 54.6 Å². The number of fused-ring (bicyclic) bond motifs is 2. The number of piperazine rings is 1. The van der Waals surface area contributed by atoms with Gasteiger partial charge in [0.1, 0.15) is 5.75 Å². The van der Waals surface area contributed by atoms with Crippen molar-refractivity contribution in [1.82, 2.24) is 14.8 Å². The number of pyridine rings is 1. The lowest BCUT2D eigenvalue weighted by Gasteiger charge is -2.34. The quantitative estimate of drug-likeness (QED) is 0.557. The molecule has 6 nitrogen and oxygen atoms in total. The minimum atomic E-state index is -0.472. The van der Waals surface area contributed by atoms with Crippen LogP contribution in [0, 0.1) is 0 Å². The fourth-order valence-electron chi connectivity index (χ4n) is 4.74. The Kier molecular flexibility index (Phi) is 6.04. The van der Waals surface area contributed by atoms with E-state index < -0.39 is 5.41 Å². The van der Waals surface area contributed by atoms with E-state index >= 15 is 0 Å². The van der Waals surface area contributed by atoms with Crippen molar-refractivity contribution < 1.29 is 9.53 Å². The fourth-order valence-corrected chi connectivity index (χ4v) is 4.74. The van der Waals surface area contributed by atoms with Crippen LogP contribution in [0.2, 0.25) is 0 Å². The Morgan fingerprint density at radius 2 is 1.79 bits per heavy atom. The Morgan fingerprint density at radius 3 is 2.64 bits per heavy atom. The van der Waals surface area contributed by atoms with Crippen molar-refractivity contribution >= 4 is 22.5 Å². The molecule has 1 saturated heterocycles. The predicted octanol–water partition coefficient (Wildman–Crippen LogP) is 4.05. The van der Waals surface area contributed by atoms with Crippen LogP contribution >= 0.6 is 0 Å². The molecule has 2 aliphatic heterocycles. The molecule has 5 rings (SSSR count). The lowest BCUT2D eigenvalue weighted by molar-refractivity contribution is -0.119. The third-order valence-electron chi connectivity index (χ3n) is 6.87. The molecular weight excluding hydrogens is 412 g/mol. The second kappa shape index (κ2) is 9.12. The van der Waals surface area contributed by atoms with Gasteiger partial charge < -0.3 is 15.0 Å². The van der Waals surface area contributed by atoms with Gasteiger partial charge in [0.25, 0.3) is 0 Å². The van der Waals surface area contributed by atoms with E-state index in [1.165, 1.54) is 5.39 Å². The van der Waals surface area contributed by atoms with Gasteiger partial charge in [-0.1, -0.05) is 30.3 Å². The highest BCUT2D eigenvalue weighted by Crippen LogP contribution is 2.39. The Hall–Kier alpha value is -2.96. The van der Waals surface area contributed by atoms with Crippen LogP contribution in [-0.2, 0) is 16.8 Å². The van der Waals surface area contributed by atoms with E-state index in [1.807, 2.05) is 38.1 Å². The van der Waals surface area contributed by atoms with Gasteiger partial charge >= 0.3 is 0 Å². The number of amides is 1. The molecule has 1 amide bonds. The number of aromatic nitrogens is 1. The van der Waals surface area contributed by atoms with Gasteiger partial charge in [0.05, 0.1) is 23.2 Å². The third kappa shape index (κ3) is 4.72. The molecule has 1 fully saturated rings. The van der Waals surface area contributed by atoms with Crippen LogP contribution in [0.1, 0.15) is 31.5 Å². The van der Waals surface area contributed by atoms with Gasteiger partial charge in [0.15, 0.2) is 0 Å². The van der Waals surface area contributed by atoms with Gasteiger partial charge in [0, 0.05) is 56.4 Å². The van der Waals surface area contributed by atoms with E-state index in [-0.39, 0.29) is 5.91 Å². The maximum Gasteiger partial charge on any atom is 0.234 e. The smallest absolute Gasteiger partial charge is 0.234 e. The van der Waals surface area contributed by atoms with E-state index in [0.717, 1.165) is 73.9 Å². The highest BCUT2D eigenvalue weighted by molar-refractivity contribution is 6.05. The highest BCUT2D eigenvalue weighted by Gasteiger charge is 2.38. The van der Waals surface area contributed by atoms with Gasteiger partial charge in [-0.2, -0.15) is 0 Å². The number of nitrogens with zero attached hydrogens (tertiary/aromatic N) is 3. The molecule has 0 atom stereocenters. The van der Waals surface area contributed by atoms with Gasteiger partial charge in [-0.05, 0) is 44.0 Å². The molecule has 0 unspecified atom stereocenters. The molecule has 1 aromatic heterocycles. The first-order valence-corrected chi connectivity index (χ1v) is 11.9. The lowest BCUT2D eigenvalue weighted by atomic mass is 9.86. The topological polar surface area (TPSA) is 57.7 Å². The molecule has 0 aliphatic carbocycles. The average molecular weight is 445 g/mol. The number of hydrogen-bond donors (Lipinski definition) is 1. The van der Waals surface area contributed by atoms with E-state index in [2.05, 4.69) is 45.4 Å². The Bertz CT molecular complexity index is 1150. The second-order valence-electron chi connectivity index (χ2n) is 9.60. The number of anilines is 1. The summed E-state index contributed by atoms with van der Waals surface area (Å²) in [6.07, 6.45) is 0.987. The maximum atomic E-state index is 12.1. The number of carbonyl (C=O) groups is 1. The summed E-state index contributed by atoms with van der Waals surface area (Å²) < 4.78 is 5.96. The summed E-state index contributed by atoms with van der Waals surface area (Å²) in [5, 5.41) is 4.16. The molecule has 3 heterocycles. The van der Waals surface area contributed by atoms with Crippen LogP contribution < -0.4 is 10.1 Å². The fraction of sp³-hybridized carbons (Fsp3) is 0.407. The highest BCUT2D eigenvalue weighted by atomic mass is 16.5. The minimum Gasteiger partial charge on any atom is -0.493 e. The summed E-state index contributed by atoms with van der Waals surface area (Å²) in [5.41, 5.74) is 3.66. The number of benzene rings is 2. The lowest BCUT2D eigenvalue weighted by Crippen LogP contribution is -2.46. The summed E-state index contributed by atoms with van der Waals surface area (Å²) >= 11 is 0. The normalized spacial score (nSPS) is 18.3. The summed E-state index contributed by atoms with van der Waals surface area (Å²) in [6.45, 7) is 10.8. The zero-order valence-electron chi connectivity index (χ0n) is 19.5. The molecule has 3 aromatic rings. The first kappa shape index (κ1) is 21.9. The number of nitrogens with one attached hydrogen (secondary N) is 1. The first-order chi connectivity index (χ1) is 16.0. The van der Waals surface area contributed by atoms with E-state index in [0.29, 0.717) is 6.61 Å². The molecule has 6 heteroatoms. The van der Waals surface area contributed by atoms with Crippen molar-refractivity contribution in [3.63, 3.8) is 0 Å². The molecule has 0 spiro atoms. The zero-order chi connectivity index (χ0) is 22.8. The Morgan fingerprint density at radius 1 is 1.00 bits per heavy atom. The van der Waals surface area contributed by atoms with Crippen molar-refractivity contribution in [2.75, 3.05) is 44.6 Å². The maximum absolute atomic E-state index is 12.1. The molecule has 0 radical (unpaired) electrons. The van der Waals surface area contributed by atoms with Gasteiger partial charge in [-0.15, -0.1) is 0 Å². The molecule has 172 valence electrons. The SMILES string of the molecule is CC1(C)C(=O)Nc2cc(OCCCN3CCN(Cc4ccc5ccccc5n4)CC3)ccc21. The first-order valence-electron chi connectivity index (χ1n) is 11.9. The third-order valence-corrected chi connectivity index (χ3v) is 6.87. The second-order valence-corrected chi connectivity index (χ2v) is 9.60. The van der Waals surface area contributed by atoms with Gasteiger partial charge in [-0.3, -0.25) is 14.7 Å². The summed E-state index contributed by atoms with van der Waals surface area (Å²) in [7, 11) is 0. The molecule has 2 aromatic carbocycles. The average Bonchev–Trinajstić information content (AvgIpc) is 3.05. The molecule has 1 N–H and O–H groups in total. The standard InChI is InChI=1S/C27H32N4O2/c1-27(2)23-11-10-22(18-25(23)29-26(27)32)33-17-5-12-30-13-15-31(16-14-30)19-21-9-8-20-6-3-4-7-24(20)28-21/h3-4,6-11,18H,5,12-17,19H2,1-2H3,(H,29,32). The number of carbonyl (C=O) groups excluding carboxylic acids is 1. The Balaban J connectivity index is 1.04. The van der Waals surface area contributed by atoms with Crippen LogP contribution in [0.4, 0.5) is 5.69 Å². The minimum absolute atomic E-state index is 0.0465. The molecule has 0 bridgehead atoms. The van der Waals surface area contributed by atoms with Crippen molar-refractivity contribution in [2.24, 2.45) is 0 Å². The van der Waals surface area contributed by atoms with Gasteiger partial charge in [-0.25, -0.2) is 0 Å². The van der Waals surface area contributed by atoms with Crippen LogP contribution in [-0.4, -0.2) is 60.0 Å². The van der Waals surface area contributed by atoms with E-state index in [4.69, 9.17) is 9.72 Å². The van der Waals surface area contributed by atoms with E-state index in [1.54, 1.807) is 0 Å². The number of para-hydroxylation sites is 1. The number of hydrogen-bond acceptors (Lipinski definition) is 5. The molecule has 2 aliphatic rings. The summed E-state index contributed by atoms with van der Waals surface area (Å²) in [4.78, 5) is 21.9. The largest absolute Gasteiger partial charge is 0.493 e. The van der Waals surface area contributed by atoms with Gasteiger partial charge in [0.2, 0.25) is 5.91 Å². The van der Waals surface area contributed by atoms with Crippen LogP contribution in [0.3, 0.4) is 0 Å². The number of ether oxygens (including phenoxy) is 1. The summed E-state index contributed by atoms with van der Waals surface area (Å²) in [5.74, 6) is 0.865. The van der Waals surface area contributed by atoms with Crippen molar-refractivity contribution in [3.05, 3.63) is 65.9 Å². The Labute approximate surface area is 195 Å². The van der Waals surface area contributed by atoms with Crippen LogP contribution in [0.5, 0.6) is 5.75 Å². The molecular formula is C27H32N4O2. The summed E-state index contributed by atoms with van der Waals surface area (Å²) in [6, 6.07) is 18.5. The van der Waals surface area contributed by atoms with Crippen molar-refractivity contribution in [3.8, 4) is 5.75 Å². The zero-order valence-corrected chi connectivity index (χ0v) is 19.5. The van der Waals surface area contributed by atoms with Crippen LogP contribution in [0.25, 0.3) is 10.9 Å². The van der Waals surface area contributed by atoms with Crippen molar-refractivity contribution in [1.29, 1.82) is 0 Å². The van der Waals surface area contributed by atoms with Crippen molar-refractivity contribution in [2.45, 2.75) is 32.2 Å². The molecule has 0 saturated carbocycles. The number of rotatable bonds is 7. The predicted molar refractivity (Wildman–Crippen MR) is 132 cm³/mol.